The van der Waals surface area contributed by atoms with Crippen LogP contribution in [0.1, 0.15) is 31.1 Å². The molecule has 154 valence electrons. The molecule has 1 heterocycles. The number of amides is 2. The topological polar surface area (TPSA) is 87.9 Å². The number of nitrogens with zero attached hydrogens (tertiary/aromatic N) is 2. The van der Waals surface area contributed by atoms with Gasteiger partial charge in [-0.1, -0.05) is 0 Å². The summed E-state index contributed by atoms with van der Waals surface area (Å²) in [6, 6.07) is 14.5. The Balaban J connectivity index is 1.54. The predicted octanol–water partition coefficient (Wildman–Crippen LogP) is 3.58. The van der Waals surface area contributed by atoms with Crippen molar-refractivity contribution in [3.63, 3.8) is 0 Å². The number of anilines is 3. The van der Waals surface area contributed by atoms with E-state index in [9.17, 15) is 9.59 Å². The Bertz CT molecular complexity index is 849. The van der Waals surface area contributed by atoms with E-state index in [1.165, 1.54) is 0 Å². The van der Waals surface area contributed by atoms with Gasteiger partial charge in [0.25, 0.3) is 5.91 Å². The van der Waals surface area contributed by atoms with E-state index < -0.39 is 5.60 Å². The second-order valence-electron chi connectivity index (χ2n) is 8.08. The summed E-state index contributed by atoms with van der Waals surface area (Å²) < 4.78 is 5.44. The third kappa shape index (κ3) is 5.63. The quantitative estimate of drug-likeness (QED) is 0.775. The SMILES string of the molecule is CC(C)(C)OC(=O)N1CCN(c2ccc(NC(=O)c3ccc(N)cc3)cc2)CC1. The fourth-order valence-corrected chi connectivity index (χ4v) is 3.07. The minimum absolute atomic E-state index is 0.177. The summed E-state index contributed by atoms with van der Waals surface area (Å²) in [5.41, 5.74) is 8.13. The van der Waals surface area contributed by atoms with Gasteiger partial charge in [-0.25, -0.2) is 4.79 Å². The first-order valence-electron chi connectivity index (χ1n) is 9.71. The van der Waals surface area contributed by atoms with Crippen LogP contribution in [-0.4, -0.2) is 48.7 Å². The molecule has 0 atom stereocenters. The van der Waals surface area contributed by atoms with E-state index in [0.717, 1.165) is 24.5 Å². The number of nitrogens with one attached hydrogen (secondary N) is 1. The molecule has 0 saturated carbocycles. The van der Waals surface area contributed by atoms with Crippen molar-refractivity contribution in [2.45, 2.75) is 26.4 Å². The van der Waals surface area contributed by atoms with Gasteiger partial charge in [0.1, 0.15) is 5.60 Å². The van der Waals surface area contributed by atoms with Crippen LogP contribution in [0.15, 0.2) is 48.5 Å². The fraction of sp³-hybridized carbons (Fsp3) is 0.364. The molecule has 2 aromatic carbocycles. The first-order chi connectivity index (χ1) is 13.7. The lowest BCUT2D eigenvalue weighted by molar-refractivity contribution is 0.0240. The lowest BCUT2D eigenvalue weighted by Crippen LogP contribution is -2.50. The maximum absolute atomic E-state index is 12.3. The highest BCUT2D eigenvalue weighted by Gasteiger charge is 2.25. The zero-order valence-electron chi connectivity index (χ0n) is 17.1. The summed E-state index contributed by atoms with van der Waals surface area (Å²) in [6.45, 7) is 8.31. The largest absolute Gasteiger partial charge is 0.444 e. The van der Waals surface area contributed by atoms with Gasteiger partial charge in [0.05, 0.1) is 0 Å². The number of carbonyl (C=O) groups excluding carboxylic acids is 2. The van der Waals surface area contributed by atoms with E-state index in [4.69, 9.17) is 10.5 Å². The fourth-order valence-electron chi connectivity index (χ4n) is 3.07. The molecule has 2 aromatic rings. The summed E-state index contributed by atoms with van der Waals surface area (Å²) in [7, 11) is 0. The number of rotatable bonds is 3. The molecule has 3 rings (SSSR count). The van der Waals surface area contributed by atoms with Gasteiger partial charge in [-0.2, -0.15) is 0 Å². The Hall–Kier alpha value is -3.22. The van der Waals surface area contributed by atoms with Crippen molar-refractivity contribution in [3.05, 3.63) is 54.1 Å². The van der Waals surface area contributed by atoms with Crippen LogP contribution in [0.25, 0.3) is 0 Å². The van der Waals surface area contributed by atoms with Crippen LogP contribution in [0.2, 0.25) is 0 Å². The average Bonchev–Trinajstić information content (AvgIpc) is 2.68. The van der Waals surface area contributed by atoms with E-state index >= 15 is 0 Å². The summed E-state index contributed by atoms with van der Waals surface area (Å²) >= 11 is 0. The number of carbonyl (C=O) groups is 2. The molecular weight excluding hydrogens is 368 g/mol. The molecule has 0 radical (unpaired) electrons. The molecule has 0 aromatic heterocycles. The number of nitrogen functional groups attached to an aromatic ring is 1. The number of hydrogen-bond donors (Lipinski definition) is 2. The molecule has 0 aliphatic carbocycles. The lowest BCUT2D eigenvalue weighted by atomic mass is 10.2. The van der Waals surface area contributed by atoms with E-state index in [2.05, 4.69) is 10.2 Å². The molecule has 0 bridgehead atoms. The Morgan fingerprint density at radius 3 is 2.07 bits per heavy atom. The summed E-state index contributed by atoms with van der Waals surface area (Å²) in [4.78, 5) is 28.4. The molecular formula is C22H28N4O3. The highest BCUT2D eigenvalue weighted by molar-refractivity contribution is 6.04. The van der Waals surface area contributed by atoms with Crippen molar-refractivity contribution >= 4 is 29.1 Å². The Morgan fingerprint density at radius 1 is 0.931 bits per heavy atom. The zero-order chi connectivity index (χ0) is 21.0. The highest BCUT2D eigenvalue weighted by atomic mass is 16.6. The van der Waals surface area contributed by atoms with Gasteiger partial charge in [0.2, 0.25) is 0 Å². The van der Waals surface area contributed by atoms with Crippen LogP contribution >= 0.6 is 0 Å². The van der Waals surface area contributed by atoms with E-state index in [1.807, 2.05) is 45.0 Å². The third-order valence-electron chi connectivity index (χ3n) is 4.59. The first-order valence-corrected chi connectivity index (χ1v) is 9.71. The van der Waals surface area contributed by atoms with Crippen molar-refractivity contribution in [1.29, 1.82) is 0 Å². The van der Waals surface area contributed by atoms with Crippen LogP contribution in [0.4, 0.5) is 21.9 Å². The van der Waals surface area contributed by atoms with Gasteiger partial charge < -0.3 is 25.6 Å². The Morgan fingerprint density at radius 2 is 1.52 bits per heavy atom. The van der Waals surface area contributed by atoms with Crippen molar-refractivity contribution in [2.24, 2.45) is 0 Å². The number of piperazine rings is 1. The maximum atomic E-state index is 12.3. The van der Waals surface area contributed by atoms with Crippen LogP contribution in [0.3, 0.4) is 0 Å². The van der Waals surface area contributed by atoms with Crippen molar-refractivity contribution in [3.8, 4) is 0 Å². The normalized spacial score (nSPS) is 14.4. The van der Waals surface area contributed by atoms with Gasteiger partial charge in [0.15, 0.2) is 0 Å². The number of nitrogens with two attached hydrogens (primary N) is 1. The molecule has 1 aliphatic rings. The van der Waals surface area contributed by atoms with Gasteiger partial charge in [-0.3, -0.25) is 4.79 Å². The van der Waals surface area contributed by atoms with E-state index in [-0.39, 0.29) is 12.0 Å². The van der Waals surface area contributed by atoms with Crippen LogP contribution in [0.5, 0.6) is 0 Å². The second-order valence-corrected chi connectivity index (χ2v) is 8.08. The predicted molar refractivity (Wildman–Crippen MR) is 115 cm³/mol. The molecule has 0 spiro atoms. The number of hydrogen-bond acceptors (Lipinski definition) is 5. The van der Waals surface area contributed by atoms with Gasteiger partial charge in [-0.15, -0.1) is 0 Å². The minimum atomic E-state index is -0.485. The third-order valence-corrected chi connectivity index (χ3v) is 4.59. The maximum Gasteiger partial charge on any atom is 0.410 e. The standard InChI is InChI=1S/C22H28N4O3/c1-22(2,3)29-21(28)26-14-12-25(13-15-26)19-10-8-18(9-11-19)24-20(27)16-4-6-17(23)7-5-16/h4-11H,12-15,23H2,1-3H3,(H,24,27). The smallest absolute Gasteiger partial charge is 0.410 e. The molecule has 0 unspecified atom stereocenters. The average molecular weight is 396 g/mol. The highest BCUT2D eigenvalue weighted by Crippen LogP contribution is 2.21. The minimum Gasteiger partial charge on any atom is -0.444 e. The van der Waals surface area contributed by atoms with Crippen molar-refractivity contribution < 1.29 is 14.3 Å². The molecule has 1 fully saturated rings. The molecule has 1 aliphatic heterocycles. The summed E-state index contributed by atoms with van der Waals surface area (Å²) in [6.07, 6.45) is -0.266. The summed E-state index contributed by atoms with van der Waals surface area (Å²) in [5, 5.41) is 2.88. The Kier molecular flexibility index (Phi) is 5.96. The van der Waals surface area contributed by atoms with Crippen LogP contribution in [0, 0.1) is 0 Å². The van der Waals surface area contributed by atoms with Crippen molar-refractivity contribution in [1.82, 2.24) is 4.90 Å². The zero-order valence-corrected chi connectivity index (χ0v) is 17.1. The van der Waals surface area contributed by atoms with Gasteiger partial charge in [-0.05, 0) is 69.3 Å². The number of benzene rings is 2. The Labute approximate surface area is 171 Å². The molecule has 7 nitrogen and oxygen atoms in total. The van der Waals surface area contributed by atoms with Crippen LogP contribution < -0.4 is 16.0 Å². The monoisotopic (exact) mass is 396 g/mol. The lowest BCUT2D eigenvalue weighted by Gasteiger charge is -2.36. The van der Waals surface area contributed by atoms with Crippen LogP contribution in [-0.2, 0) is 4.74 Å². The molecule has 2 amide bonds. The first kappa shape index (κ1) is 20.5. The molecule has 3 N–H and O–H groups in total. The van der Waals surface area contributed by atoms with Gasteiger partial charge >= 0.3 is 6.09 Å². The molecule has 7 heteroatoms. The number of ether oxygens (including phenoxy) is 1. The van der Waals surface area contributed by atoms with Gasteiger partial charge in [0, 0.05) is 48.8 Å². The summed E-state index contributed by atoms with van der Waals surface area (Å²) in [5.74, 6) is -0.177. The molecule has 1 saturated heterocycles. The second kappa shape index (κ2) is 8.43. The van der Waals surface area contributed by atoms with E-state index in [1.54, 1.807) is 29.2 Å². The molecule has 29 heavy (non-hydrogen) atoms. The van der Waals surface area contributed by atoms with Crippen molar-refractivity contribution in [2.75, 3.05) is 42.1 Å². The van der Waals surface area contributed by atoms with E-state index in [0.29, 0.717) is 24.3 Å².